The van der Waals surface area contributed by atoms with Gasteiger partial charge in [-0.25, -0.2) is 5.43 Å². The van der Waals surface area contributed by atoms with Crippen LogP contribution < -0.4 is 16.2 Å². The van der Waals surface area contributed by atoms with Gasteiger partial charge in [0.1, 0.15) is 0 Å². The van der Waals surface area contributed by atoms with Gasteiger partial charge in [0.15, 0.2) is 6.10 Å². The Hall–Kier alpha value is -1.63. The Kier molecular flexibility index (Phi) is 4.84. The highest BCUT2D eigenvalue weighted by molar-refractivity contribution is 6.30. The summed E-state index contributed by atoms with van der Waals surface area (Å²) in [5.41, 5.74) is 6.99. The predicted molar refractivity (Wildman–Crippen MR) is 85.5 cm³/mol. The van der Waals surface area contributed by atoms with E-state index in [-0.39, 0.29) is 24.0 Å². The van der Waals surface area contributed by atoms with E-state index in [1.807, 2.05) is 12.1 Å². The van der Waals surface area contributed by atoms with Gasteiger partial charge in [0.05, 0.1) is 12.0 Å². The van der Waals surface area contributed by atoms with E-state index in [1.165, 1.54) is 0 Å². The van der Waals surface area contributed by atoms with Crippen LogP contribution >= 0.6 is 11.6 Å². The fourth-order valence-corrected chi connectivity index (χ4v) is 2.69. The van der Waals surface area contributed by atoms with Crippen molar-refractivity contribution in [3.63, 3.8) is 0 Å². The highest BCUT2D eigenvalue weighted by Crippen LogP contribution is 2.27. The van der Waals surface area contributed by atoms with Gasteiger partial charge < -0.3 is 10.1 Å². The van der Waals surface area contributed by atoms with Gasteiger partial charge in [-0.2, -0.15) is 0 Å². The molecule has 6 nitrogen and oxygen atoms in total. The van der Waals surface area contributed by atoms with E-state index in [1.54, 1.807) is 19.1 Å². The van der Waals surface area contributed by atoms with E-state index in [9.17, 15) is 9.59 Å². The van der Waals surface area contributed by atoms with Gasteiger partial charge in [0, 0.05) is 17.6 Å². The number of esters is 1. The summed E-state index contributed by atoms with van der Waals surface area (Å²) in [6.45, 7) is 2.05. The largest absolute Gasteiger partial charge is 0.452 e. The molecule has 0 aromatic heterocycles. The van der Waals surface area contributed by atoms with Gasteiger partial charge in [-0.05, 0) is 37.5 Å². The molecule has 1 heterocycles. The normalized spacial score (nSPS) is 25.0. The minimum atomic E-state index is -0.783. The number of halogens is 1. The van der Waals surface area contributed by atoms with Crippen LogP contribution in [0.2, 0.25) is 5.02 Å². The number of benzene rings is 1. The van der Waals surface area contributed by atoms with Gasteiger partial charge >= 0.3 is 5.97 Å². The van der Waals surface area contributed by atoms with E-state index in [2.05, 4.69) is 16.2 Å². The maximum Gasteiger partial charge on any atom is 0.313 e. The number of hydrazine groups is 1. The van der Waals surface area contributed by atoms with Gasteiger partial charge in [0.2, 0.25) is 0 Å². The van der Waals surface area contributed by atoms with Gasteiger partial charge in [0.25, 0.3) is 5.91 Å². The first-order valence-electron chi connectivity index (χ1n) is 7.79. The van der Waals surface area contributed by atoms with Crippen LogP contribution in [0.3, 0.4) is 0 Å². The molecule has 2 fully saturated rings. The molecular formula is C16H20ClN3O3. The van der Waals surface area contributed by atoms with Crippen molar-refractivity contribution >= 4 is 23.5 Å². The molecule has 1 saturated carbocycles. The Morgan fingerprint density at radius 3 is 2.65 bits per heavy atom. The molecule has 1 saturated heterocycles. The SMILES string of the molecule is CC(OC(=O)C1CNNC1c1ccc(Cl)cc1)C(=O)NC1CC1. The molecule has 3 N–H and O–H groups in total. The second-order valence-corrected chi connectivity index (χ2v) is 6.46. The third-order valence-corrected chi connectivity index (χ3v) is 4.35. The van der Waals surface area contributed by atoms with E-state index in [4.69, 9.17) is 16.3 Å². The first-order valence-corrected chi connectivity index (χ1v) is 8.17. The number of amides is 1. The maximum atomic E-state index is 12.4. The zero-order valence-corrected chi connectivity index (χ0v) is 13.6. The zero-order chi connectivity index (χ0) is 16.4. The first-order chi connectivity index (χ1) is 11.0. The molecule has 23 heavy (non-hydrogen) atoms. The summed E-state index contributed by atoms with van der Waals surface area (Å²) < 4.78 is 5.34. The van der Waals surface area contributed by atoms with Crippen molar-refractivity contribution in [2.45, 2.75) is 38.0 Å². The molecule has 3 unspecified atom stereocenters. The van der Waals surface area contributed by atoms with Crippen molar-refractivity contribution in [1.29, 1.82) is 0 Å². The van der Waals surface area contributed by atoms with Crippen molar-refractivity contribution in [2.75, 3.05) is 6.54 Å². The fourth-order valence-electron chi connectivity index (χ4n) is 2.56. The number of hydrogen-bond acceptors (Lipinski definition) is 5. The monoisotopic (exact) mass is 337 g/mol. The molecule has 1 amide bonds. The number of carbonyl (C=O) groups is 2. The van der Waals surface area contributed by atoms with Crippen molar-refractivity contribution in [1.82, 2.24) is 16.2 Å². The summed E-state index contributed by atoms with van der Waals surface area (Å²) in [6, 6.07) is 7.35. The lowest BCUT2D eigenvalue weighted by molar-refractivity contribution is -0.158. The Balaban J connectivity index is 1.61. The quantitative estimate of drug-likeness (QED) is 0.706. The molecule has 3 rings (SSSR count). The molecular weight excluding hydrogens is 318 g/mol. The summed E-state index contributed by atoms with van der Waals surface area (Å²) >= 11 is 5.90. The number of rotatable bonds is 5. The van der Waals surface area contributed by atoms with Crippen molar-refractivity contribution < 1.29 is 14.3 Å². The standard InChI is InChI=1S/C16H20ClN3O3/c1-9(15(21)19-12-6-7-12)23-16(22)13-8-18-20-14(13)10-2-4-11(17)5-3-10/h2-5,9,12-14,18,20H,6-8H2,1H3,(H,19,21). The Labute approximate surface area is 139 Å². The minimum Gasteiger partial charge on any atom is -0.452 e. The number of ether oxygens (including phenoxy) is 1. The van der Waals surface area contributed by atoms with Crippen LogP contribution in [-0.2, 0) is 14.3 Å². The highest BCUT2D eigenvalue weighted by Gasteiger charge is 2.37. The van der Waals surface area contributed by atoms with Crippen LogP contribution in [0.4, 0.5) is 0 Å². The Morgan fingerprint density at radius 2 is 2.00 bits per heavy atom. The van der Waals surface area contributed by atoms with E-state index in [0.717, 1.165) is 18.4 Å². The molecule has 1 aromatic rings. The maximum absolute atomic E-state index is 12.4. The molecule has 124 valence electrons. The Bertz CT molecular complexity index is 589. The van der Waals surface area contributed by atoms with Crippen molar-refractivity contribution in [3.8, 4) is 0 Å². The predicted octanol–water partition coefficient (Wildman–Crippen LogP) is 1.32. The first kappa shape index (κ1) is 16.2. The molecule has 0 radical (unpaired) electrons. The van der Waals surface area contributed by atoms with Crippen molar-refractivity contribution in [3.05, 3.63) is 34.9 Å². The summed E-state index contributed by atoms with van der Waals surface area (Å²) in [6.07, 6.45) is 1.22. The van der Waals surface area contributed by atoms with Crippen LogP contribution in [0, 0.1) is 5.92 Å². The molecule has 1 aliphatic carbocycles. The fraction of sp³-hybridized carbons (Fsp3) is 0.500. The second kappa shape index (κ2) is 6.86. The minimum absolute atomic E-state index is 0.210. The summed E-state index contributed by atoms with van der Waals surface area (Å²) in [4.78, 5) is 24.3. The van der Waals surface area contributed by atoms with E-state index >= 15 is 0 Å². The van der Waals surface area contributed by atoms with Gasteiger partial charge in [-0.15, -0.1) is 0 Å². The lowest BCUT2D eigenvalue weighted by Crippen LogP contribution is -2.39. The van der Waals surface area contributed by atoms with Crippen LogP contribution in [0.1, 0.15) is 31.4 Å². The molecule has 7 heteroatoms. The molecule has 3 atom stereocenters. The van der Waals surface area contributed by atoms with Gasteiger partial charge in [-0.1, -0.05) is 23.7 Å². The lowest BCUT2D eigenvalue weighted by atomic mass is 9.95. The lowest BCUT2D eigenvalue weighted by Gasteiger charge is -2.20. The summed E-state index contributed by atoms with van der Waals surface area (Å²) in [7, 11) is 0. The van der Waals surface area contributed by atoms with E-state index < -0.39 is 12.0 Å². The molecule has 0 spiro atoms. The molecule has 1 aliphatic heterocycles. The summed E-state index contributed by atoms with van der Waals surface area (Å²) in [5, 5.41) is 3.48. The smallest absolute Gasteiger partial charge is 0.313 e. The number of nitrogens with one attached hydrogen (secondary N) is 3. The topological polar surface area (TPSA) is 79.5 Å². The van der Waals surface area contributed by atoms with Gasteiger partial charge in [-0.3, -0.25) is 15.0 Å². The number of carbonyl (C=O) groups excluding carboxylic acids is 2. The average molecular weight is 338 g/mol. The summed E-state index contributed by atoms with van der Waals surface area (Å²) in [5.74, 6) is -1.02. The third-order valence-electron chi connectivity index (χ3n) is 4.10. The molecule has 0 bridgehead atoms. The van der Waals surface area contributed by atoms with E-state index in [0.29, 0.717) is 11.6 Å². The van der Waals surface area contributed by atoms with Crippen LogP contribution in [0.15, 0.2) is 24.3 Å². The molecule has 1 aromatic carbocycles. The van der Waals surface area contributed by atoms with Crippen LogP contribution in [0.5, 0.6) is 0 Å². The van der Waals surface area contributed by atoms with Crippen molar-refractivity contribution in [2.24, 2.45) is 5.92 Å². The third kappa shape index (κ3) is 4.02. The highest BCUT2D eigenvalue weighted by atomic mass is 35.5. The van der Waals surface area contributed by atoms with Crippen LogP contribution in [-0.4, -0.2) is 30.6 Å². The zero-order valence-electron chi connectivity index (χ0n) is 12.8. The number of hydrogen-bond donors (Lipinski definition) is 3. The Morgan fingerprint density at radius 1 is 1.30 bits per heavy atom. The molecule has 2 aliphatic rings. The van der Waals surface area contributed by atoms with Crippen LogP contribution in [0.25, 0.3) is 0 Å². The average Bonchev–Trinajstić information content (AvgIpc) is 3.20. The second-order valence-electron chi connectivity index (χ2n) is 6.02.